The van der Waals surface area contributed by atoms with Crippen LogP contribution in [0.5, 0.6) is 0 Å². The summed E-state index contributed by atoms with van der Waals surface area (Å²) >= 11 is 0. The Bertz CT molecular complexity index is 551. The Balaban J connectivity index is 1.95. The Morgan fingerprint density at radius 2 is 1.95 bits per heavy atom. The topological polar surface area (TPSA) is 81.4 Å². The van der Waals surface area contributed by atoms with E-state index in [1.165, 1.54) is 0 Å². The van der Waals surface area contributed by atoms with Crippen molar-refractivity contribution in [2.75, 3.05) is 26.8 Å². The molecular formula is C15H24N2O3S. The Morgan fingerprint density at radius 1 is 1.29 bits per heavy atom. The number of hydrogen-bond acceptors (Lipinski definition) is 4. The first-order valence-corrected chi connectivity index (χ1v) is 8.77. The van der Waals surface area contributed by atoms with Gasteiger partial charge in [-0.15, -0.1) is 0 Å². The summed E-state index contributed by atoms with van der Waals surface area (Å²) in [6, 6.07) is 6.92. The van der Waals surface area contributed by atoms with E-state index in [4.69, 9.17) is 10.5 Å². The van der Waals surface area contributed by atoms with Crippen LogP contribution in [0.3, 0.4) is 0 Å². The molecule has 2 rings (SSSR count). The maximum Gasteiger partial charge on any atom is 0.240 e. The van der Waals surface area contributed by atoms with Gasteiger partial charge in [0.05, 0.1) is 4.90 Å². The highest BCUT2D eigenvalue weighted by Gasteiger charge is 2.42. The van der Waals surface area contributed by atoms with Gasteiger partial charge >= 0.3 is 0 Å². The maximum absolute atomic E-state index is 12.3. The van der Waals surface area contributed by atoms with Crippen molar-refractivity contribution in [1.82, 2.24) is 4.72 Å². The van der Waals surface area contributed by atoms with Crippen LogP contribution >= 0.6 is 0 Å². The van der Waals surface area contributed by atoms with Gasteiger partial charge in [0.15, 0.2) is 0 Å². The van der Waals surface area contributed by atoms with Crippen LogP contribution < -0.4 is 10.5 Å². The molecule has 0 radical (unpaired) electrons. The van der Waals surface area contributed by atoms with Gasteiger partial charge in [-0.2, -0.15) is 0 Å². The molecule has 6 heteroatoms. The minimum absolute atomic E-state index is 0.0998. The van der Waals surface area contributed by atoms with Crippen molar-refractivity contribution in [2.45, 2.75) is 30.6 Å². The summed E-state index contributed by atoms with van der Waals surface area (Å²) in [5.41, 5.74) is 6.64. The van der Waals surface area contributed by atoms with Gasteiger partial charge in [-0.25, -0.2) is 13.1 Å². The molecule has 1 aromatic rings. The highest BCUT2D eigenvalue weighted by molar-refractivity contribution is 7.89. The Labute approximate surface area is 126 Å². The van der Waals surface area contributed by atoms with Crippen LogP contribution in [0.4, 0.5) is 0 Å². The van der Waals surface area contributed by atoms with Crippen LogP contribution in [0, 0.1) is 5.41 Å². The lowest BCUT2D eigenvalue weighted by Crippen LogP contribution is -2.30. The zero-order chi connectivity index (χ0) is 15.3. The number of hydrogen-bond donors (Lipinski definition) is 2. The lowest BCUT2D eigenvalue weighted by atomic mass is 10.0. The molecule has 1 fully saturated rings. The van der Waals surface area contributed by atoms with Gasteiger partial charge in [-0.3, -0.25) is 0 Å². The highest BCUT2D eigenvalue weighted by atomic mass is 32.2. The highest BCUT2D eigenvalue weighted by Crippen LogP contribution is 2.48. The fraction of sp³-hybridized carbons (Fsp3) is 0.600. The molecule has 1 aliphatic carbocycles. The second-order valence-corrected chi connectivity index (χ2v) is 7.52. The summed E-state index contributed by atoms with van der Waals surface area (Å²) < 4.78 is 32.4. The van der Waals surface area contributed by atoms with Crippen LogP contribution in [-0.2, 0) is 21.2 Å². The minimum atomic E-state index is -3.43. The summed E-state index contributed by atoms with van der Waals surface area (Å²) in [5, 5.41) is 0. The summed E-state index contributed by atoms with van der Waals surface area (Å²) in [6.07, 6.45) is 3.79. The van der Waals surface area contributed by atoms with Gasteiger partial charge in [-0.05, 0) is 55.3 Å². The minimum Gasteiger partial charge on any atom is -0.385 e. The average Bonchev–Trinajstić information content (AvgIpc) is 3.25. The fourth-order valence-corrected chi connectivity index (χ4v) is 3.50. The first-order chi connectivity index (χ1) is 10.0. The maximum atomic E-state index is 12.3. The van der Waals surface area contributed by atoms with E-state index in [-0.39, 0.29) is 5.41 Å². The van der Waals surface area contributed by atoms with Crippen molar-refractivity contribution < 1.29 is 13.2 Å². The van der Waals surface area contributed by atoms with Crippen LogP contribution in [0.2, 0.25) is 0 Å². The quantitative estimate of drug-likeness (QED) is 0.720. The molecule has 0 unspecified atom stereocenters. The van der Waals surface area contributed by atoms with Gasteiger partial charge in [0.1, 0.15) is 0 Å². The predicted octanol–water partition coefficient (Wildman–Crippen LogP) is 1.28. The third kappa shape index (κ3) is 4.51. The molecule has 5 nitrogen and oxygen atoms in total. The molecule has 0 aromatic heterocycles. The van der Waals surface area contributed by atoms with E-state index in [2.05, 4.69) is 4.72 Å². The molecule has 0 bridgehead atoms. The van der Waals surface area contributed by atoms with Crippen LogP contribution in [0.1, 0.15) is 24.8 Å². The number of ether oxygens (including phenoxy) is 1. The van der Waals surface area contributed by atoms with E-state index in [9.17, 15) is 8.42 Å². The monoisotopic (exact) mass is 312 g/mol. The van der Waals surface area contributed by atoms with Gasteiger partial charge in [0.25, 0.3) is 0 Å². The third-order valence-electron chi connectivity index (χ3n) is 4.10. The molecule has 1 aromatic carbocycles. The number of sulfonamides is 1. The van der Waals surface area contributed by atoms with Crippen molar-refractivity contribution in [3.8, 4) is 0 Å². The second kappa shape index (κ2) is 6.87. The van der Waals surface area contributed by atoms with Crippen LogP contribution in [0.15, 0.2) is 29.2 Å². The molecule has 1 aliphatic rings. The second-order valence-electron chi connectivity index (χ2n) is 5.75. The van der Waals surface area contributed by atoms with Crippen molar-refractivity contribution in [2.24, 2.45) is 11.1 Å². The summed E-state index contributed by atoms with van der Waals surface area (Å²) in [4.78, 5) is 0.311. The lowest BCUT2D eigenvalue weighted by Gasteiger charge is -2.15. The predicted molar refractivity (Wildman–Crippen MR) is 82.5 cm³/mol. The van der Waals surface area contributed by atoms with Gasteiger partial charge in [-0.1, -0.05) is 12.1 Å². The van der Waals surface area contributed by atoms with E-state index in [0.29, 0.717) is 24.6 Å². The molecule has 0 spiro atoms. The summed E-state index contributed by atoms with van der Waals surface area (Å²) in [7, 11) is -1.76. The molecule has 1 saturated carbocycles. The first-order valence-electron chi connectivity index (χ1n) is 7.29. The van der Waals surface area contributed by atoms with Crippen LogP contribution in [0.25, 0.3) is 0 Å². The van der Waals surface area contributed by atoms with Crippen LogP contribution in [-0.4, -0.2) is 35.2 Å². The SMILES string of the molecule is COCCC1(CNS(=O)(=O)c2ccc(CCN)cc2)CC1. The van der Waals surface area contributed by atoms with Gasteiger partial charge in [0.2, 0.25) is 10.0 Å². The van der Waals surface area contributed by atoms with Crippen molar-refractivity contribution in [3.63, 3.8) is 0 Å². The zero-order valence-corrected chi connectivity index (χ0v) is 13.3. The van der Waals surface area contributed by atoms with E-state index >= 15 is 0 Å². The molecular weight excluding hydrogens is 288 g/mol. The van der Waals surface area contributed by atoms with Crippen molar-refractivity contribution >= 4 is 10.0 Å². The molecule has 0 aliphatic heterocycles. The molecule has 0 atom stereocenters. The van der Waals surface area contributed by atoms with E-state index in [1.807, 2.05) is 12.1 Å². The molecule has 0 amide bonds. The normalized spacial score (nSPS) is 16.9. The summed E-state index contributed by atoms with van der Waals surface area (Å²) in [5.74, 6) is 0. The first kappa shape index (κ1) is 16.4. The fourth-order valence-electron chi connectivity index (χ4n) is 2.34. The Hall–Kier alpha value is -0.950. The van der Waals surface area contributed by atoms with E-state index < -0.39 is 10.0 Å². The molecule has 118 valence electrons. The van der Waals surface area contributed by atoms with Crippen molar-refractivity contribution in [3.05, 3.63) is 29.8 Å². The lowest BCUT2D eigenvalue weighted by molar-refractivity contribution is 0.173. The number of nitrogens with one attached hydrogen (secondary N) is 1. The molecule has 21 heavy (non-hydrogen) atoms. The standard InChI is InChI=1S/C15H24N2O3S/c1-20-11-9-15(7-8-15)12-17-21(18,19)14-4-2-13(3-5-14)6-10-16/h2-5,17H,6-12,16H2,1H3. The molecule has 0 heterocycles. The average molecular weight is 312 g/mol. The number of benzene rings is 1. The third-order valence-corrected chi connectivity index (χ3v) is 5.51. The van der Waals surface area contributed by atoms with Crippen molar-refractivity contribution in [1.29, 1.82) is 0 Å². The summed E-state index contributed by atoms with van der Waals surface area (Å²) in [6.45, 7) is 1.73. The number of nitrogens with two attached hydrogens (primary N) is 1. The molecule has 3 N–H and O–H groups in total. The van der Waals surface area contributed by atoms with E-state index in [0.717, 1.165) is 31.2 Å². The largest absolute Gasteiger partial charge is 0.385 e. The van der Waals surface area contributed by atoms with Gasteiger partial charge in [0, 0.05) is 20.3 Å². The zero-order valence-electron chi connectivity index (χ0n) is 12.5. The van der Waals surface area contributed by atoms with Gasteiger partial charge < -0.3 is 10.5 Å². The Kier molecular flexibility index (Phi) is 5.37. The number of rotatable bonds is 9. The molecule has 0 saturated heterocycles. The number of methoxy groups -OCH3 is 1. The Morgan fingerprint density at radius 3 is 2.48 bits per heavy atom. The van der Waals surface area contributed by atoms with E-state index in [1.54, 1.807) is 19.2 Å². The smallest absolute Gasteiger partial charge is 0.240 e.